The molecule has 0 spiro atoms. The first-order valence-corrected chi connectivity index (χ1v) is 6.84. The van der Waals surface area contributed by atoms with E-state index in [9.17, 15) is 0 Å². The second-order valence-corrected chi connectivity index (χ2v) is 4.82. The molecule has 0 aliphatic heterocycles. The van der Waals surface area contributed by atoms with Crippen LogP contribution in [0.5, 0.6) is 11.5 Å². The average molecular weight is 249 g/mol. The highest BCUT2D eigenvalue weighted by Crippen LogP contribution is 2.28. The summed E-state index contributed by atoms with van der Waals surface area (Å²) >= 11 is 0. The summed E-state index contributed by atoms with van der Waals surface area (Å²) in [5, 5.41) is 3.50. The second kappa shape index (κ2) is 6.64. The van der Waals surface area contributed by atoms with Gasteiger partial charge in [0.05, 0.1) is 13.7 Å². The van der Waals surface area contributed by atoms with E-state index in [1.165, 1.54) is 24.9 Å². The maximum absolute atomic E-state index is 5.58. The van der Waals surface area contributed by atoms with Crippen LogP contribution >= 0.6 is 0 Å². The molecule has 3 heteroatoms. The number of hydrogen-bond acceptors (Lipinski definition) is 3. The fraction of sp³-hybridized carbons (Fsp3) is 0.600. The van der Waals surface area contributed by atoms with E-state index < -0.39 is 0 Å². The molecule has 1 aromatic rings. The number of benzene rings is 1. The van der Waals surface area contributed by atoms with Gasteiger partial charge < -0.3 is 14.8 Å². The molecule has 1 N–H and O–H groups in total. The highest BCUT2D eigenvalue weighted by molar-refractivity contribution is 5.43. The topological polar surface area (TPSA) is 30.5 Å². The molecule has 0 radical (unpaired) electrons. The summed E-state index contributed by atoms with van der Waals surface area (Å²) in [4.78, 5) is 0. The Balaban J connectivity index is 1.84. The Labute approximate surface area is 109 Å². The second-order valence-electron chi connectivity index (χ2n) is 4.82. The van der Waals surface area contributed by atoms with Gasteiger partial charge in [-0.25, -0.2) is 0 Å². The van der Waals surface area contributed by atoms with E-state index in [4.69, 9.17) is 9.47 Å². The third kappa shape index (κ3) is 3.91. The Morgan fingerprint density at radius 2 is 2.11 bits per heavy atom. The maximum atomic E-state index is 5.58. The van der Waals surface area contributed by atoms with Crippen molar-refractivity contribution in [3.05, 3.63) is 23.8 Å². The summed E-state index contributed by atoms with van der Waals surface area (Å²) in [7, 11) is 1.68. The molecule has 1 aliphatic rings. The molecule has 18 heavy (non-hydrogen) atoms. The van der Waals surface area contributed by atoms with Crippen molar-refractivity contribution in [2.75, 3.05) is 26.8 Å². The lowest BCUT2D eigenvalue weighted by molar-refractivity contribution is 0.310. The molecule has 0 saturated heterocycles. The molecule has 100 valence electrons. The monoisotopic (exact) mass is 249 g/mol. The van der Waals surface area contributed by atoms with Gasteiger partial charge in [0, 0.05) is 0 Å². The first-order valence-electron chi connectivity index (χ1n) is 6.84. The van der Waals surface area contributed by atoms with E-state index in [2.05, 4.69) is 17.4 Å². The van der Waals surface area contributed by atoms with E-state index in [0.29, 0.717) is 6.61 Å². The van der Waals surface area contributed by atoms with Gasteiger partial charge in [-0.2, -0.15) is 0 Å². The molecular formula is C15H23NO2. The summed E-state index contributed by atoms with van der Waals surface area (Å²) in [6.45, 7) is 4.87. The first kappa shape index (κ1) is 13.2. The summed E-state index contributed by atoms with van der Waals surface area (Å²) < 4.78 is 10.9. The highest BCUT2D eigenvalue weighted by Gasteiger charge is 2.19. The van der Waals surface area contributed by atoms with Gasteiger partial charge in [0.1, 0.15) is 0 Å². The van der Waals surface area contributed by atoms with Crippen molar-refractivity contribution in [3.63, 3.8) is 0 Å². The van der Waals surface area contributed by atoms with Crippen molar-refractivity contribution in [1.82, 2.24) is 5.32 Å². The van der Waals surface area contributed by atoms with Crippen LogP contribution in [-0.4, -0.2) is 26.8 Å². The van der Waals surface area contributed by atoms with Gasteiger partial charge in [-0.15, -0.1) is 0 Å². The van der Waals surface area contributed by atoms with Crippen LogP contribution in [0.3, 0.4) is 0 Å². The zero-order valence-electron chi connectivity index (χ0n) is 11.4. The van der Waals surface area contributed by atoms with Gasteiger partial charge in [0.15, 0.2) is 11.5 Å². The molecule has 3 nitrogen and oxygen atoms in total. The molecule has 1 aromatic carbocycles. The predicted octanol–water partition coefficient (Wildman–Crippen LogP) is 2.64. The van der Waals surface area contributed by atoms with Crippen LogP contribution in [0.4, 0.5) is 0 Å². The largest absolute Gasteiger partial charge is 0.493 e. The third-order valence-corrected chi connectivity index (χ3v) is 3.25. The number of nitrogens with one attached hydrogen (secondary N) is 1. The first-order chi connectivity index (χ1) is 8.83. The summed E-state index contributed by atoms with van der Waals surface area (Å²) in [5.74, 6) is 2.60. The summed E-state index contributed by atoms with van der Waals surface area (Å²) in [6.07, 6.45) is 3.85. The highest BCUT2D eigenvalue weighted by atomic mass is 16.5. The Morgan fingerprint density at radius 3 is 2.78 bits per heavy atom. The fourth-order valence-corrected chi connectivity index (χ4v) is 2.01. The van der Waals surface area contributed by atoms with Crippen LogP contribution in [0.25, 0.3) is 0 Å². The SMILES string of the molecule is CCOc1cc(CCNCC2CC2)ccc1OC. The van der Waals surface area contributed by atoms with Gasteiger partial charge in [0.2, 0.25) is 0 Å². The van der Waals surface area contributed by atoms with Crippen molar-refractivity contribution in [3.8, 4) is 11.5 Å². The fourth-order valence-electron chi connectivity index (χ4n) is 2.01. The normalized spacial score (nSPS) is 14.6. The van der Waals surface area contributed by atoms with Gasteiger partial charge >= 0.3 is 0 Å². The molecule has 0 atom stereocenters. The van der Waals surface area contributed by atoms with E-state index in [0.717, 1.165) is 30.4 Å². The van der Waals surface area contributed by atoms with Crippen molar-refractivity contribution in [1.29, 1.82) is 0 Å². The lowest BCUT2D eigenvalue weighted by Gasteiger charge is -2.11. The van der Waals surface area contributed by atoms with Crippen LogP contribution in [0.2, 0.25) is 0 Å². The summed E-state index contributed by atoms with van der Waals surface area (Å²) in [5.41, 5.74) is 1.29. The number of methoxy groups -OCH3 is 1. The maximum Gasteiger partial charge on any atom is 0.161 e. The molecular weight excluding hydrogens is 226 g/mol. The predicted molar refractivity (Wildman–Crippen MR) is 73.5 cm³/mol. The van der Waals surface area contributed by atoms with E-state index in [1.54, 1.807) is 7.11 Å². The molecule has 1 aliphatic carbocycles. The smallest absolute Gasteiger partial charge is 0.161 e. The van der Waals surface area contributed by atoms with Crippen LogP contribution < -0.4 is 14.8 Å². The lowest BCUT2D eigenvalue weighted by Crippen LogP contribution is -2.19. The van der Waals surface area contributed by atoms with Gasteiger partial charge in [0.25, 0.3) is 0 Å². The number of rotatable bonds is 8. The molecule has 2 rings (SSSR count). The number of hydrogen-bond donors (Lipinski definition) is 1. The van der Waals surface area contributed by atoms with Crippen LogP contribution in [-0.2, 0) is 6.42 Å². The van der Waals surface area contributed by atoms with Crippen LogP contribution in [0, 0.1) is 5.92 Å². The third-order valence-electron chi connectivity index (χ3n) is 3.25. The molecule has 0 heterocycles. The molecule has 1 fully saturated rings. The molecule has 0 amide bonds. The molecule has 1 saturated carbocycles. The quantitative estimate of drug-likeness (QED) is 0.718. The van der Waals surface area contributed by atoms with Crippen molar-refractivity contribution < 1.29 is 9.47 Å². The van der Waals surface area contributed by atoms with Gasteiger partial charge in [-0.3, -0.25) is 0 Å². The minimum absolute atomic E-state index is 0.666. The average Bonchev–Trinajstić information content (AvgIpc) is 3.19. The van der Waals surface area contributed by atoms with Gasteiger partial charge in [-0.05, 0) is 62.9 Å². The lowest BCUT2D eigenvalue weighted by atomic mass is 10.1. The number of ether oxygens (including phenoxy) is 2. The zero-order chi connectivity index (χ0) is 12.8. The molecule has 0 bridgehead atoms. The minimum atomic E-state index is 0.666. The van der Waals surface area contributed by atoms with Crippen LogP contribution in [0.15, 0.2) is 18.2 Å². The van der Waals surface area contributed by atoms with Crippen molar-refractivity contribution >= 4 is 0 Å². The standard InChI is InChI=1S/C15H23NO2/c1-3-18-15-10-12(6-7-14(15)17-2)8-9-16-11-13-4-5-13/h6-7,10,13,16H,3-5,8-9,11H2,1-2H3. The summed E-state index contributed by atoms with van der Waals surface area (Å²) in [6, 6.07) is 6.18. The minimum Gasteiger partial charge on any atom is -0.493 e. The van der Waals surface area contributed by atoms with Gasteiger partial charge in [-0.1, -0.05) is 6.07 Å². The van der Waals surface area contributed by atoms with E-state index >= 15 is 0 Å². The Morgan fingerprint density at radius 1 is 1.28 bits per heavy atom. The van der Waals surface area contributed by atoms with Crippen molar-refractivity contribution in [2.24, 2.45) is 5.92 Å². The molecule has 0 unspecified atom stereocenters. The molecule has 0 aromatic heterocycles. The Bertz CT molecular complexity index is 375. The van der Waals surface area contributed by atoms with Crippen LogP contribution in [0.1, 0.15) is 25.3 Å². The Kier molecular flexibility index (Phi) is 4.88. The Hall–Kier alpha value is -1.22. The van der Waals surface area contributed by atoms with Crippen molar-refractivity contribution in [2.45, 2.75) is 26.2 Å². The zero-order valence-corrected chi connectivity index (χ0v) is 11.4. The van der Waals surface area contributed by atoms with E-state index in [1.807, 2.05) is 13.0 Å². The van der Waals surface area contributed by atoms with E-state index in [-0.39, 0.29) is 0 Å².